The van der Waals surface area contributed by atoms with Crippen LogP contribution in [0.1, 0.15) is 23.4 Å². The van der Waals surface area contributed by atoms with Gasteiger partial charge in [0.05, 0.1) is 10.5 Å². The van der Waals surface area contributed by atoms with E-state index in [9.17, 15) is 23.3 Å². The molecular formula is C23H24F3N5O3. The van der Waals surface area contributed by atoms with Crippen molar-refractivity contribution in [2.75, 3.05) is 37.6 Å². The molecule has 1 aliphatic heterocycles. The zero-order valence-electron chi connectivity index (χ0n) is 18.6. The average Bonchev–Trinajstić information content (AvgIpc) is 3.28. The molecule has 0 N–H and O–H groups in total. The highest BCUT2D eigenvalue weighted by Gasteiger charge is 2.34. The molecule has 3 aromatic rings. The molecule has 0 amide bonds. The quantitative estimate of drug-likeness (QED) is 0.361. The number of hydrogen-bond acceptors (Lipinski definition) is 7. The Hall–Kier alpha value is -3.47. The number of alkyl halides is 3. The number of halogens is 3. The highest BCUT2D eigenvalue weighted by molar-refractivity contribution is 5.65. The lowest BCUT2D eigenvalue weighted by Crippen LogP contribution is -2.46. The second kappa shape index (κ2) is 9.80. The third-order valence-corrected chi connectivity index (χ3v) is 5.86. The molecule has 1 fully saturated rings. The number of nitrogens with zero attached hydrogens (tertiary/aromatic N) is 5. The zero-order chi connectivity index (χ0) is 24.3. The molecule has 34 heavy (non-hydrogen) atoms. The van der Waals surface area contributed by atoms with Crippen molar-refractivity contribution >= 4 is 11.4 Å². The molecule has 180 valence electrons. The molecule has 0 unspecified atom stereocenters. The summed E-state index contributed by atoms with van der Waals surface area (Å²) in [5.74, 6) is 1.12. The van der Waals surface area contributed by atoms with E-state index in [1.165, 1.54) is 6.07 Å². The number of anilines is 1. The van der Waals surface area contributed by atoms with Gasteiger partial charge in [0.15, 0.2) is 0 Å². The Morgan fingerprint density at radius 3 is 2.44 bits per heavy atom. The van der Waals surface area contributed by atoms with Crippen molar-refractivity contribution in [1.29, 1.82) is 0 Å². The predicted octanol–water partition coefficient (Wildman–Crippen LogP) is 4.73. The second-order valence-electron chi connectivity index (χ2n) is 8.27. The standard InChI is InChI=1S/C23H24F3N5O3/c1-16-4-6-17(7-5-16)22-27-21(34-28-22)3-2-10-29-11-13-30(14-12-29)19-9-8-18(23(24,25)26)15-20(19)31(32)33/h4-9,15H,2-3,10-14H2,1H3. The van der Waals surface area contributed by atoms with Crippen LogP contribution in [0.15, 0.2) is 47.0 Å². The van der Waals surface area contributed by atoms with Crippen LogP contribution in [0.2, 0.25) is 0 Å². The van der Waals surface area contributed by atoms with Gasteiger partial charge in [0.1, 0.15) is 5.69 Å². The Balaban J connectivity index is 1.29. The summed E-state index contributed by atoms with van der Waals surface area (Å²) in [4.78, 5) is 19.0. The molecule has 0 spiro atoms. The van der Waals surface area contributed by atoms with Crippen molar-refractivity contribution in [3.05, 3.63) is 69.6 Å². The predicted molar refractivity (Wildman–Crippen MR) is 120 cm³/mol. The van der Waals surface area contributed by atoms with Crippen LogP contribution in [-0.2, 0) is 12.6 Å². The van der Waals surface area contributed by atoms with E-state index < -0.39 is 22.4 Å². The maximum absolute atomic E-state index is 12.9. The fraction of sp³-hybridized carbons (Fsp3) is 0.391. The summed E-state index contributed by atoms with van der Waals surface area (Å²) < 4.78 is 44.2. The first-order chi connectivity index (χ1) is 16.2. The van der Waals surface area contributed by atoms with Crippen molar-refractivity contribution in [3.8, 4) is 11.4 Å². The number of nitro benzene ring substituents is 1. The van der Waals surface area contributed by atoms with E-state index in [4.69, 9.17) is 4.52 Å². The number of benzene rings is 2. The van der Waals surface area contributed by atoms with Gasteiger partial charge in [0.2, 0.25) is 11.7 Å². The lowest BCUT2D eigenvalue weighted by Gasteiger charge is -2.35. The summed E-state index contributed by atoms with van der Waals surface area (Å²) >= 11 is 0. The third kappa shape index (κ3) is 5.53. The van der Waals surface area contributed by atoms with Crippen LogP contribution in [0.25, 0.3) is 11.4 Å². The van der Waals surface area contributed by atoms with E-state index in [0.717, 1.165) is 30.2 Å². The maximum Gasteiger partial charge on any atom is 0.416 e. The van der Waals surface area contributed by atoms with Crippen molar-refractivity contribution < 1.29 is 22.6 Å². The van der Waals surface area contributed by atoms with Gasteiger partial charge in [0, 0.05) is 44.2 Å². The highest BCUT2D eigenvalue weighted by Crippen LogP contribution is 2.36. The van der Waals surface area contributed by atoms with Crippen LogP contribution in [0.3, 0.4) is 0 Å². The molecule has 0 radical (unpaired) electrons. The summed E-state index contributed by atoms with van der Waals surface area (Å²) in [7, 11) is 0. The molecule has 0 atom stereocenters. The van der Waals surface area contributed by atoms with Crippen molar-refractivity contribution in [3.63, 3.8) is 0 Å². The van der Waals surface area contributed by atoms with Crippen LogP contribution in [-0.4, -0.2) is 52.7 Å². The molecule has 1 aromatic heterocycles. The number of rotatable bonds is 7. The largest absolute Gasteiger partial charge is 0.416 e. The smallest absolute Gasteiger partial charge is 0.363 e. The van der Waals surface area contributed by atoms with Gasteiger partial charge in [-0.25, -0.2) is 0 Å². The van der Waals surface area contributed by atoms with Crippen LogP contribution >= 0.6 is 0 Å². The van der Waals surface area contributed by atoms with Crippen molar-refractivity contribution in [1.82, 2.24) is 15.0 Å². The number of aromatic nitrogens is 2. The molecule has 1 aliphatic rings. The Bertz CT molecular complexity index is 1140. The van der Waals surface area contributed by atoms with E-state index in [-0.39, 0.29) is 5.69 Å². The Morgan fingerprint density at radius 1 is 1.09 bits per heavy atom. The molecule has 2 heterocycles. The van der Waals surface area contributed by atoms with E-state index in [1.54, 1.807) is 4.90 Å². The molecule has 2 aromatic carbocycles. The molecular weight excluding hydrogens is 451 g/mol. The number of piperazine rings is 1. The lowest BCUT2D eigenvalue weighted by molar-refractivity contribution is -0.384. The Labute approximate surface area is 194 Å². The molecule has 0 saturated carbocycles. The fourth-order valence-electron chi connectivity index (χ4n) is 3.96. The van der Waals surface area contributed by atoms with E-state index in [1.807, 2.05) is 31.2 Å². The number of nitro groups is 1. The third-order valence-electron chi connectivity index (χ3n) is 5.86. The van der Waals surface area contributed by atoms with E-state index >= 15 is 0 Å². The van der Waals surface area contributed by atoms with Crippen molar-refractivity contribution in [2.24, 2.45) is 0 Å². The summed E-state index contributed by atoms with van der Waals surface area (Å²) in [6, 6.07) is 10.6. The van der Waals surface area contributed by atoms with Crippen molar-refractivity contribution in [2.45, 2.75) is 25.9 Å². The summed E-state index contributed by atoms with van der Waals surface area (Å²) in [5.41, 5.74) is 0.721. The normalized spacial score (nSPS) is 15.0. The topological polar surface area (TPSA) is 88.5 Å². The summed E-state index contributed by atoms with van der Waals surface area (Å²) in [6.45, 7) is 5.07. The van der Waals surface area contributed by atoms with Crippen LogP contribution < -0.4 is 4.90 Å². The SMILES string of the molecule is Cc1ccc(-c2noc(CCCN3CCN(c4ccc(C(F)(F)F)cc4[N+](=O)[O-])CC3)n2)cc1. The highest BCUT2D eigenvalue weighted by atomic mass is 19.4. The van der Waals surface area contributed by atoms with Gasteiger partial charge in [0.25, 0.3) is 5.69 Å². The van der Waals surface area contributed by atoms with Crippen LogP contribution in [0, 0.1) is 17.0 Å². The average molecular weight is 475 g/mol. The Kier molecular flexibility index (Phi) is 6.82. The first-order valence-corrected chi connectivity index (χ1v) is 10.9. The minimum atomic E-state index is -4.62. The molecule has 0 bridgehead atoms. The molecule has 11 heteroatoms. The van der Waals surface area contributed by atoms with E-state index in [2.05, 4.69) is 15.0 Å². The minimum absolute atomic E-state index is 0.215. The van der Waals surface area contributed by atoms with Gasteiger partial charge in [-0.05, 0) is 32.0 Å². The van der Waals surface area contributed by atoms with E-state index in [0.29, 0.717) is 50.4 Å². The molecule has 8 nitrogen and oxygen atoms in total. The monoisotopic (exact) mass is 475 g/mol. The first-order valence-electron chi connectivity index (χ1n) is 10.9. The minimum Gasteiger partial charge on any atom is -0.363 e. The first kappa shape index (κ1) is 23.7. The Morgan fingerprint density at radius 2 is 1.79 bits per heavy atom. The summed E-state index contributed by atoms with van der Waals surface area (Å²) in [6.07, 6.45) is -3.19. The number of hydrogen-bond donors (Lipinski definition) is 0. The van der Waals surface area contributed by atoms with Crippen LogP contribution in [0.5, 0.6) is 0 Å². The second-order valence-corrected chi connectivity index (χ2v) is 8.27. The van der Waals surface area contributed by atoms with Crippen LogP contribution in [0.4, 0.5) is 24.5 Å². The summed E-state index contributed by atoms with van der Waals surface area (Å²) in [5, 5.41) is 15.4. The van der Waals surface area contributed by atoms with Gasteiger partial charge >= 0.3 is 6.18 Å². The lowest BCUT2D eigenvalue weighted by atomic mass is 10.1. The molecule has 1 saturated heterocycles. The zero-order valence-corrected chi connectivity index (χ0v) is 18.6. The van der Waals surface area contributed by atoms with Gasteiger partial charge in [-0.1, -0.05) is 35.0 Å². The molecule has 0 aliphatic carbocycles. The molecule has 4 rings (SSSR count). The van der Waals surface area contributed by atoms with Gasteiger partial charge in [-0.3, -0.25) is 15.0 Å². The fourth-order valence-corrected chi connectivity index (χ4v) is 3.96. The van der Waals surface area contributed by atoms with Gasteiger partial charge < -0.3 is 9.42 Å². The number of aryl methyl sites for hydroxylation is 2. The van der Waals surface area contributed by atoms with Gasteiger partial charge in [-0.2, -0.15) is 18.2 Å². The maximum atomic E-state index is 12.9. The van der Waals surface area contributed by atoms with Gasteiger partial charge in [-0.15, -0.1) is 0 Å².